The Morgan fingerprint density at radius 3 is 0.945 bits per heavy atom. The van der Waals surface area contributed by atoms with Crippen LogP contribution in [0.25, 0.3) is 0 Å². The van der Waals surface area contributed by atoms with Crippen molar-refractivity contribution in [2.45, 2.75) is 77.7 Å². The molecule has 0 aromatic heterocycles. The number of amides is 2. The van der Waals surface area contributed by atoms with Gasteiger partial charge < -0.3 is 39.8 Å². The van der Waals surface area contributed by atoms with Crippen molar-refractivity contribution in [1.82, 2.24) is 4.90 Å². The molecule has 5 rings (SSSR count). The average Bonchev–Trinajstić information content (AvgIpc) is 3.99. The maximum atomic E-state index is 15.8. The Labute approximate surface area is 325 Å². The van der Waals surface area contributed by atoms with Crippen LogP contribution in [-0.4, -0.2) is 67.5 Å². The minimum absolute atomic E-state index is 0.235. The van der Waals surface area contributed by atoms with E-state index in [2.05, 4.69) is 0 Å². The highest BCUT2D eigenvalue weighted by atomic mass is 16.5. The number of nitrogens with zero attached hydrogens (tertiary/aromatic N) is 1. The monoisotopic (exact) mass is 752 g/mol. The van der Waals surface area contributed by atoms with E-state index in [-0.39, 0.29) is 12.8 Å². The molecular formula is C45H56N2O8. The number of methoxy groups -OCH3 is 4. The first-order valence-corrected chi connectivity index (χ1v) is 18.5. The second kappa shape index (κ2) is 15.2. The van der Waals surface area contributed by atoms with Crippen LogP contribution in [-0.2, 0) is 20.8 Å². The van der Waals surface area contributed by atoms with Gasteiger partial charge in [-0.05, 0) is 94.5 Å². The smallest absolute Gasteiger partial charge is 0.239 e. The number of primary amides is 1. The lowest BCUT2D eigenvalue weighted by Crippen LogP contribution is -2.70. The number of aliphatic hydroxyl groups is 2. The van der Waals surface area contributed by atoms with Crippen molar-refractivity contribution >= 4 is 11.8 Å². The number of nitrogens with two attached hydrogens (primary N) is 1. The molecule has 2 amide bonds. The number of hydrogen-bond acceptors (Lipinski definition) is 8. The van der Waals surface area contributed by atoms with E-state index in [4.69, 9.17) is 24.7 Å². The van der Waals surface area contributed by atoms with E-state index in [0.29, 0.717) is 45.3 Å². The molecule has 2 atom stereocenters. The van der Waals surface area contributed by atoms with Gasteiger partial charge >= 0.3 is 0 Å². The van der Waals surface area contributed by atoms with Crippen molar-refractivity contribution in [2.75, 3.05) is 28.4 Å². The largest absolute Gasteiger partial charge is 0.497 e. The summed E-state index contributed by atoms with van der Waals surface area (Å²) in [7, 11) is 6.26. The van der Waals surface area contributed by atoms with Crippen molar-refractivity contribution in [3.63, 3.8) is 0 Å². The van der Waals surface area contributed by atoms with Crippen LogP contribution < -0.4 is 24.7 Å². The zero-order valence-electron chi connectivity index (χ0n) is 33.7. The van der Waals surface area contributed by atoms with E-state index in [9.17, 15) is 15.0 Å². The lowest BCUT2D eigenvalue weighted by molar-refractivity contribution is -0.180. The number of carbonyl (C=O) groups excluding carboxylic acids is 2. The van der Waals surface area contributed by atoms with E-state index >= 15 is 4.79 Å². The van der Waals surface area contributed by atoms with Gasteiger partial charge in [-0.3, -0.25) is 9.59 Å². The van der Waals surface area contributed by atoms with E-state index < -0.39 is 51.3 Å². The van der Waals surface area contributed by atoms with Gasteiger partial charge in [0.05, 0.1) is 40.5 Å². The molecule has 55 heavy (non-hydrogen) atoms. The third-order valence-corrected chi connectivity index (χ3v) is 11.0. The van der Waals surface area contributed by atoms with Gasteiger partial charge in [0, 0.05) is 0 Å². The summed E-state index contributed by atoms with van der Waals surface area (Å²) in [5.74, 6) is 0.985. The Balaban J connectivity index is 1.96. The van der Waals surface area contributed by atoms with Gasteiger partial charge in [-0.2, -0.15) is 0 Å². The molecule has 4 N–H and O–H groups in total. The van der Waals surface area contributed by atoms with E-state index in [1.165, 1.54) is 0 Å². The topological polar surface area (TPSA) is 141 Å². The molecule has 10 heteroatoms. The molecule has 0 saturated heterocycles. The number of hydrogen-bond donors (Lipinski definition) is 3. The molecule has 1 aliphatic rings. The summed E-state index contributed by atoms with van der Waals surface area (Å²) in [6.45, 7) is 11.7. The van der Waals surface area contributed by atoms with Crippen LogP contribution in [0.3, 0.4) is 0 Å². The van der Waals surface area contributed by atoms with Crippen molar-refractivity contribution in [2.24, 2.45) is 22.0 Å². The van der Waals surface area contributed by atoms with Gasteiger partial charge in [0.25, 0.3) is 0 Å². The summed E-state index contributed by atoms with van der Waals surface area (Å²) < 4.78 is 22.0. The van der Waals surface area contributed by atoms with Crippen LogP contribution in [0.1, 0.15) is 76.6 Å². The highest BCUT2D eigenvalue weighted by Crippen LogP contribution is 2.56. The van der Waals surface area contributed by atoms with Crippen LogP contribution in [0.2, 0.25) is 0 Å². The van der Waals surface area contributed by atoms with Crippen molar-refractivity contribution in [3.8, 4) is 23.0 Å². The van der Waals surface area contributed by atoms with Crippen LogP contribution in [0, 0.1) is 16.2 Å². The molecular weight excluding hydrogens is 697 g/mol. The quantitative estimate of drug-likeness (QED) is 0.119. The lowest BCUT2D eigenvalue weighted by atomic mass is 9.63. The van der Waals surface area contributed by atoms with Crippen LogP contribution in [0.4, 0.5) is 0 Å². The van der Waals surface area contributed by atoms with Gasteiger partial charge in [0.1, 0.15) is 39.6 Å². The molecule has 0 spiro atoms. The van der Waals surface area contributed by atoms with Crippen molar-refractivity contribution in [1.29, 1.82) is 0 Å². The Kier molecular flexibility index (Phi) is 11.4. The third kappa shape index (κ3) is 7.50. The van der Waals surface area contributed by atoms with E-state index in [1.54, 1.807) is 130 Å². The lowest BCUT2D eigenvalue weighted by Gasteiger charge is -2.58. The molecule has 4 aromatic carbocycles. The summed E-state index contributed by atoms with van der Waals surface area (Å²) in [6.07, 6.45) is 0.469. The minimum Gasteiger partial charge on any atom is -0.497 e. The number of benzene rings is 4. The Bertz CT molecular complexity index is 1720. The summed E-state index contributed by atoms with van der Waals surface area (Å²) in [4.78, 5) is 30.8. The molecule has 1 saturated carbocycles. The van der Waals surface area contributed by atoms with E-state index in [0.717, 1.165) is 0 Å². The average molecular weight is 753 g/mol. The first kappa shape index (κ1) is 41.1. The number of carbonyl (C=O) groups is 2. The first-order chi connectivity index (χ1) is 25.8. The predicted molar refractivity (Wildman–Crippen MR) is 212 cm³/mol. The van der Waals surface area contributed by atoms with E-state index in [1.807, 2.05) is 41.5 Å². The zero-order chi connectivity index (χ0) is 40.6. The summed E-state index contributed by atoms with van der Waals surface area (Å²) in [5, 5.41) is 27.7. The first-order valence-electron chi connectivity index (χ1n) is 18.5. The number of ether oxygens (including phenoxy) is 4. The molecule has 294 valence electrons. The molecule has 1 fully saturated rings. The van der Waals surface area contributed by atoms with Gasteiger partial charge in [-0.1, -0.05) is 90.1 Å². The summed E-state index contributed by atoms with van der Waals surface area (Å²) in [6, 6.07) is 26.0. The van der Waals surface area contributed by atoms with Gasteiger partial charge in [-0.25, -0.2) is 0 Å². The highest BCUT2D eigenvalue weighted by Gasteiger charge is 2.65. The minimum atomic E-state index is -1.95. The van der Waals surface area contributed by atoms with Gasteiger partial charge in [0.15, 0.2) is 0 Å². The molecule has 1 aliphatic carbocycles. The molecule has 0 aliphatic heterocycles. The standard InChI is InChI=1S/C45H56N2O8/c1-41(2,3)37(44(50,29-11-19-33(52-7)20-12-29)30-13-21-34(53-8)22-14-30)47(40(49)43(27-28-43)39(46)48)38(42(4,5)6)45(51,31-15-23-35(54-9)24-16-31)32-17-25-36(55-10)26-18-32/h11-26,37-38,50-51H,27-28H2,1-10H3,(H2,46,48). The second-order valence-corrected chi connectivity index (χ2v) is 16.6. The number of rotatable bonds is 14. The molecule has 10 nitrogen and oxygen atoms in total. The Hall–Kier alpha value is -5.06. The maximum Gasteiger partial charge on any atom is 0.239 e. The molecule has 0 radical (unpaired) electrons. The molecule has 0 heterocycles. The molecule has 0 bridgehead atoms. The Morgan fingerprint density at radius 1 is 0.545 bits per heavy atom. The predicted octanol–water partition coefficient (Wildman–Crippen LogP) is 6.82. The highest BCUT2D eigenvalue weighted by molar-refractivity contribution is 6.07. The summed E-state index contributed by atoms with van der Waals surface area (Å²) >= 11 is 0. The second-order valence-electron chi connectivity index (χ2n) is 16.6. The van der Waals surface area contributed by atoms with Crippen LogP contribution in [0.5, 0.6) is 23.0 Å². The SMILES string of the molecule is COc1ccc(C(O)(c2ccc(OC)cc2)C(N(C(=O)C2(C(N)=O)CC2)C(C(C)(C)C)C(O)(c2ccc(OC)cc2)c2ccc(OC)cc2)C(C)(C)C)cc1. The fourth-order valence-corrected chi connectivity index (χ4v) is 8.16. The van der Waals surface area contributed by atoms with Gasteiger partial charge in [0.2, 0.25) is 11.8 Å². The normalized spacial score (nSPS) is 15.3. The third-order valence-electron chi connectivity index (χ3n) is 11.0. The van der Waals surface area contributed by atoms with Crippen LogP contribution in [0.15, 0.2) is 97.1 Å². The van der Waals surface area contributed by atoms with Crippen molar-refractivity contribution in [3.05, 3.63) is 119 Å². The van der Waals surface area contributed by atoms with Crippen molar-refractivity contribution < 1.29 is 38.7 Å². The Morgan fingerprint density at radius 2 is 0.782 bits per heavy atom. The molecule has 4 aromatic rings. The molecule has 2 unspecified atom stereocenters. The fraction of sp³-hybridized carbons (Fsp3) is 0.422. The fourth-order valence-electron chi connectivity index (χ4n) is 8.16. The maximum absolute atomic E-state index is 15.8. The van der Waals surface area contributed by atoms with Crippen LogP contribution >= 0.6 is 0 Å². The zero-order valence-corrected chi connectivity index (χ0v) is 33.7. The summed E-state index contributed by atoms with van der Waals surface area (Å²) in [5.41, 5.74) is 0.654. The van der Waals surface area contributed by atoms with Gasteiger partial charge in [-0.15, -0.1) is 0 Å².